The molecule has 3 aromatic heterocycles. The van der Waals surface area contributed by atoms with E-state index in [4.69, 9.17) is 9.40 Å². The zero-order valence-electron chi connectivity index (χ0n) is 26.0. The first-order valence-electron chi connectivity index (χ1n) is 16.3. The molecule has 48 heavy (non-hydrogen) atoms. The Labute approximate surface area is 277 Å². The molecule has 0 N–H and O–H groups in total. The maximum Gasteiger partial charge on any atom is 0.220 e. The van der Waals surface area contributed by atoms with Crippen molar-refractivity contribution in [2.24, 2.45) is 0 Å². The topological polar surface area (TPSA) is 35.4 Å². The fourth-order valence-corrected chi connectivity index (χ4v) is 12.9. The first kappa shape index (κ1) is 27.0. The van der Waals surface area contributed by atoms with Gasteiger partial charge in [0.1, 0.15) is 11.2 Å². The lowest BCUT2D eigenvalue weighted by molar-refractivity contribution is 0.669. The van der Waals surface area contributed by atoms with Gasteiger partial charge in [-0.25, -0.2) is 4.98 Å². The Morgan fingerprint density at radius 2 is 1.04 bits per heavy atom. The van der Waals surface area contributed by atoms with Crippen molar-refractivity contribution in [3.05, 3.63) is 176 Å². The van der Waals surface area contributed by atoms with E-state index in [1.807, 2.05) is 6.07 Å². The van der Waals surface area contributed by atoms with Gasteiger partial charge in [-0.05, 0) is 69.3 Å². The van der Waals surface area contributed by atoms with Gasteiger partial charge in [-0.1, -0.05) is 127 Å². The third-order valence-corrected chi connectivity index (χ3v) is 14.7. The SMILES string of the molecule is c1ccc([Si](c2ccccc2)(c2ccc(-n3c4ccccc4n4c5ccccc5nc34)cc2)c2cccc3oc4ccccc4c23)cc1. The predicted molar refractivity (Wildman–Crippen MR) is 200 cm³/mol. The minimum atomic E-state index is -2.88. The number of hydrogen-bond donors (Lipinski definition) is 0. The third-order valence-electron chi connectivity index (χ3n) is 9.89. The van der Waals surface area contributed by atoms with E-state index in [-0.39, 0.29) is 0 Å². The number of rotatable bonds is 5. The van der Waals surface area contributed by atoms with Crippen molar-refractivity contribution in [1.29, 1.82) is 0 Å². The summed E-state index contributed by atoms with van der Waals surface area (Å²) in [5.74, 6) is 0.911. The molecule has 0 saturated heterocycles. The first-order valence-corrected chi connectivity index (χ1v) is 18.3. The average molecular weight is 632 g/mol. The van der Waals surface area contributed by atoms with Gasteiger partial charge < -0.3 is 4.42 Å². The van der Waals surface area contributed by atoms with Gasteiger partial charge in [0.2, 0.25) is 5.78 Å². The lowest BCUT2D eigenvalue weighted by Crippen LogP contribution is -2.74. The molecule has 10 rings (SSSR count). The molecule has 0 radical (unpaired) electrons. The summed E-state index contributed by atoms with van der Waals surface area (Å²) in [5, 5.41) is 7.63. The van der Waals surface area contributed by atoms with E-state index in [9.17, 15) is 0 Å². The second kappa shape index (κ2) is 10.4. The highest BCUT2D eigenvalue weighted by molar-refractivity contribution is 7.20. The molecule has 4 nitrogen and oxygen atoms in total. The minimum Gasteiger partial charge on any atom is -0.456 e. The molecule has 0 saturated carbocycles. The van der Waals surface area contributed by atoms with Crippen molar-refractivity contribution in [2.75, 3.05) is 0 Å². The van der Waals surface area contributed by atoms with Crippen LogP contribution >= 0.6 is 0 Å². The summed E-state index contributed by atoms with van der Waals surface area (Å²) >= 11 is 0. The van der Waals surface area contributed by atoms with Crippen LogP contribution < -0.4 is 20.7 Å². The molecule has 0 atom stereocenters. The Balaban J connectivity index is 1.28. The molecule has 10 aromatic rings. The Morgan fingerprint density at radius 1 is 0.458 bits per heavy atom. The quantitative estimate of drug-likeness (QED) is 0.144. The number of fused-ring (bicyclic) bond motifs is 8. The molecule has 0 unspecified atom stereocenters. The van der Waals surface area contributed by atoms with Gasteiger partial charge in [-0.3, -0.25) is 8.97 Å². The Hall–Kier alpha value is -6.17. The van der Waals surface area contributed by atoms with Gasteiger partial charge in [-0.15, -0.1) is 0 Å². The summed E-state index contributed by atoms with van der Waals surface area (Å²) in [5.41, 5.74) is 7.28. The van der Waals surface area contributed by atoms with Crippen LogP contribution in [-0.2, 0) is 0 Å². The van der Waals surface area contributed by atoms with Crippen molar-refractivity contribution in [3.8, 4) is 5.69 Å². The number of aromatic nitrogens is 3. The fraction of sp³-hybridized carbons (Fsp3) is 0. The Morgan fingerprint density at radius 3 is 1.79 bits per heavy atom. The molecule has 7 aromatic carbocycles. The van der Waals surface area contributed by atoms with Crippen LogP contribution in [0.15, 0.2) is 180 Å². The van der Waals surface area contributed by atoms with Gasteiger partial charge in [0.05, 0.1) is 22.1 Å². The van der Waals surface area contributed by atoms with Crippen molar-refractivity contribution in [2.45, 2.75) is 0 Å². The van der Waals surface area contributed by atoms with E-state index < -0.39 is 8.07 Å². The maximum atomic E-state index is 6.48. The third kappa shape index (κ3) is 3.73. The zero-order chi connectivity index (χ0) is 31.7. The lowest BCUT2D eigenvalue weighted by atomic mass is 10.1. The normalized spacial score (nSPS) is 12.2. The minimum absolute atomic E-state index is 0.911. The van der Waals surface area contributed by atoms with Crippen LogP contribution in [0, 0.1) is 0 Å². The molecule has 0 aliphatic rings. The molecule has 0 aliphatic heterocycles. The lowest BCUT2D eigenvalue weighted by Gasteiger charge is -2.35. The second-order valence-electron chi connectivity index (χ2n) is 12.4. The van der Waals surface area contributed by atoms with Gasteiger partial charge in [-0.2, -0.15) is 0 Å². The summed E-state index contributed by atoms with van der Waals surface area (Å²) in [7, 11) is -2.88. The summed E-state index contributed by atoms with van der Waals surface area (Å²) in [4.78, 5) is 5.12. The van der Waals surface area contributed by atoms with Gasteiger partial charge >= 0.3 is 0 Å². The van der Waals surface area contributed by atoms with Crippen molar-refractivity contribution in [3.63, 3.8) is 0 Å². The van der Waals surface area contributed by atoms with E-state index in [1.165, 1.54) is 26.1 Å². The monoisotopic (exact) mass is 631 g/mol. The van der Waals surface area contributed by atoms with Crippen LogP contribution in [0.25, 0.3) is 55.5 Å². The number of nitrogens with zero attached hydrogens (tertiary/aromatic N) is 3. The van der Waals surface area contributed by atoms with E-state index in [1.54, 1.807) is 0 Å². The summed E-state index contributed by atoms with van der Waals surface area (Å²) in [6.45, 7) is 0. The molecule has 0 spiro atoms. The first-order chi connectivity index (χ1) is 23.8. The molecule has 226 valence electrons. The summed E-state index contributed by atoms with van der Waals surface area (Å²) in [6.07, 6.45) is 0. The highest BCUT2D eigenvalue weighted by atomic mass is 28.3. The van der Waals surface area contributed by atoms with Crippen LogP contribution in [-0.4, -0.2) is 22.0 Å². The summed E-state index contributed by atoms with van der Waals surface area (Å²) < 4.78 is 11.0. The average Bonchev–Trinajstić information content (AvgIpc) is 3.82. The van der Waals surface area contributed by atoms with Crippen LogP contribution in [0.4, 0.5) is 0 Å². The van der Waals surface area contributed by atoms with Gasteiger partial charge in [0.15, 0.2) is 8.07 Å². The van der Waals surface area contributed by atoms with Crippen molar-refractivity contribution in [1.82, 2.24) is 14.0 Å². The molecule has 0 aliphatic carbocycles. The molecule has 3 heterocycles. The van der Waals surface area contributed by atoms with Gasteiger partial charge in [0, 0.05) is 16.5 Å². The van der Waals surface area contributed by atoms with Gasteiger partial charge in [0.25, 0.3) is 0 Å². The van der Waals surface area contributed by atoms with Crippen LogP contribution in [0.5, 0.6) is 0 Å². The summed E-state index contributed by atoms with van der Waals surface area (Å²) in [6, 6.07) is 63.4. The molecular weight excluding hydrogens is 603 g/mol. The number of benzene rings is 7. The highest BCUT2D eigenvalue weighted by Crippen LogP contribution is 2.31. The number of hydrogen-bond acceptors (Lipinski definition) is 2. The molecule has 0 bridgehead atoms. The Kier molecular flexibility index (Phi) is 5.86. The predicted octanol–water partition coefficient (Wildman–Crippen LogP) is 7.71. The number of para-hydroxylation sites is 5. The highest BCUT2D eigenvalue weighted by Gasteiger charge is 2.43. The maximum absolute atomic E-state index is 6.48. The number of imidazole rings is 2. The van der Waals surface area contributed by atoms with Crippen LogP contribution in [0.2, 0.25) is 0 Å². The fourth-order valence-electron chi connectivity index (χ4n) is 7.90. The Bertz CT molecular complexity index is 2740. The largest absolute Gasteiger partial charge is 0.456 e. The van der Waals surface area contributed by atoms with Crippen LogP contribution in [0.1, 0.15) is 0 Å². The smallest absolute Gasteiger partial charge is 0.220 e. The molecule has 0 amide bonds. The van der Waals surface area contributed by atoms with E-state index >= 15 is 0 Å². The second-order valence-corrected chi connectivity index (χ2v) is 16.1. The molecular formula is C43H29N3OSi. The molecule has 0 fully saturated rings. The zero-order valence-corrected chi connectivity index (χ0v) is 27.0. The van der Waals surface area contributed by atoms with E-state index in [0.29, 0.717) is 0 Å². The van der Waals surface area contributed by atoms with Crippen molar-refractivity contribution >= 4 is 78.6 Å². The van der Waals surface area contributed by atoms with E-state index in [0.717, 1.165) is 50.1 Å². The van der Waals surface area contributed by atoms with Crippen molar-refractivity contribution < 1.29 is 4.42 Å². The van der Waals surface area contributed by atoms with E-state index in [2.05, 4.69) is 179 Å². The molecule has 5 heteroatoms. The number of furan rings is 1. The standard InChI is InChI=1S/C43H29N3OSi/c1-3-14-31(15-4-1)48(32-16-5-2-6-17-32,41-25-13-24-40-42(41)34-18-7-12-23-39(34)47-40)33-28-26-30(27-29-33)45-37-21-10-11-22-38(37)46-36-20-9-8-19-35(36)44-43(45)46/h1-29H. The van der Waals surface area contributed by atoms with Crippen LogP contribution in [0.3, 0.4) is 0 Å².